The molecule has 2 aromatic rings. The van der Waals surface area contributed by atoms with Crippen LogP contribution in [-0.4, -0.2) is 62.0 Å². The van der Waals surface area contributed by atoms with Crippen molar-refractivity contribution in [1.29, 1.82) is 0 Å². The van der Waals surface area contributed by atoms with Crippen molar-refractivity contribution in [2.75, 3.05) is 34.4 Å². The predicted molar refractivity (Wildman–Crippen MR) is 104 cm³/mol. The Balaban J connectivity index is 1.23. The SMILES string of the molecule is O=C1O[C@@H](Cn2ccnn2)[C@@H]2Cc3cc(N4CC5CS(=O)CC5C4)ccc3N12. The number of carbonyl (C=O) groups is 1. The molecule has 0 N–H and O–H groups in total. The first-order chi connectivity index (χ1) is 13.7. The number of amides is 1. The van der Waals surface area contributed by atoms with Crippen molar-refractivity contribution in [3.8, 4) is 0 Å². The summed E-state index contributed by atoms with van der Waals surface area (Å²) in [6.07, 6.45) is 3.70. The van der Waals surface area contributed by atoms with Gasteiger partial charge in [-0.25, -0.2) is 9.48 Å². The maximum atomic E-state index is 12.5. The summed E-state index contributed by atoms with van der Waals surface area (Å²) in [5.74, 6) is 2.80. The number of rotatable bonds is 3. The second kappa shape index (κ2) is 6.04. The molecule has 3 fully saturated rings. The Kier molecular flexibility index (Phi) is 3.56. The molecule has 0 aliphatic carbocycles. The van der Waals surface area contributed by atoms with Gasteiger partial charge in [0.05, 0.1) is 24.5 Å². The van der Waals surface area contributed by atoms with Gasteiger partial charge in [0.25, 0.3) is 0 Å². The van der Waals surface area contributed by atoms with E-state index < -0.39 is 10.8 Å². The third-order valence-electron chi connectivity index (χ3n) is 6.54. The normalized spacial score (nSPS) is 33.1. The molecule has 1 aromatic carbocycles. The molecular weight excluding hydrogens is 378 g/mol. The highest BCUT2D eigenvalue weighted by Crippen LogP contribution is 2.42. The minimum absolute atomic E-state index is 0.00216. The van der Waals surface area contributed by atoms with Gasteiger partial charge in [0.1, 0.15) is 6.10 Å². The molecule has 5 heterocycles. The number of anilines is 2. The van der Waals surface area contributed by atoms with Gasteiger partial charge in [0, 0.05) is 47.3 Å². The zero-order chi connectivity index (χ0) is 18.8. The molecule has 3 saturated heterocycles. The first-order valence-corrected chi connectivity index (χ1v) is 11.2. The van der Waals surface area contributed by atoms with E-state index in [-0.39, 0.29) is 18.2 Å². The molecule has 4 aliphatic rings. The Labute approximate surface area is 164 Å². The van der Waals surface area contributed by atoms with Gasteiger partial charge in [-0.1, -0.05) is 5.21 Å². The third kappa shape index (κ3) is 2.48. The van der Waals surface area contributed by atoms with E-state index in [4.69, 9.17) is 4.74 Å². The van der Waals surface area contributed by atoms with Crippen LogP contribution in [0.5, 0.6) is 0 Å². The summed E-state index contributed by atoms with van der Waals surface area (Å²) in [4.78, 5) is 16.7. The quantitative estimate of drug-likeness (QED) is 0.767. The third-order valence-corrected chi connectivity index (χ3v) is 8.14. The van der Waals surface area contributed by atoms with Gasteiger partial charge in [-0.15, -0.1) is 5.10 Å². The van der Waals surface area contributed by atoms with E-state index in [0.29, 0.717) is 18.4 Å². The second-order valence-corrected chi connectivity index (χ2v) is 9.75. The smallest absolute Gasteiger partial charge is 0.415 e. The summed E-state index contributed by atoms with van der Waals surface area (Å²) >= 11 is 0. The number of carbonyl (C=O) groups excluding carboxylic acids is 1. The summed E-state index contributed by atoms with van der Waals surface area (Å²) in [6, 6.07) is 6.39. The molecule has 4 aliphatic heterocycles. The van der Waals surface area contributed by atoms with Crippen LogP contribution in [0.25, 0.3) is 0 Å². The van der Waals surface area contributed by atoms with Gasteiger partial charge in [-0.05, 0) is 42.0 Å². The minimum Gasteiger partial charge on any atom is -0.442 e. The summed E-state index contributed by atoms with van der Waals surface area (Å²) in [7, 11) is -0.624. The Bertz CT molecular complexity index is 948. The Morgan fingerprint density at radius 1 is 1.21 bits per heavy atom. The molecule has 1 amide bonds. The lowest BCUT2D eigenvalue weighted by Gasteiger charge is -2.21. The first-order valence-electron chi connectivity index (χ1n) is 9.72. The highest BCUT2D eigenvalue weighted by atomic mass is 32.2. The lowest BCUT2D eigenvalue weighted by Crippen LogP contribution is -2.35. The van der Waals surface area contributed by atoms with Crippen LogP contribution in [0.1, 0.15) is 5.56 Å². The molecule has 0 spiro atoms. The fraction of sp³-hybridized carbons (Fsp3) is 0.526. The molecule has 8 nitrogen and oxygen atoms in total. The molecule has 1 aromatic heterocycles. The Hall–Kier alpha value is -2.42. The standard InChI is InChI=1S/C19H21N5O3S/c25-19-24-16-2-1-15(22-7-13-10-28(26)11-14(13)8-22)5-12(16)6-17(24)18(27-19)9-23-4-3-20-21-23/h1-5,13-14,17-18H,6-11H2/t13?,14?,17-,18-,28?/m0/s1. The van der Waals surface area contributed by atoms with Crippen LogP contribution in [0.3, 0.4) is 0 Å². The molecule has 0 bridgehead atoms. The van der Waals surface area contributed by atoms with Crippen LogP contribution in [-0.2, 0) is 28.5 Å². The number of benzene rings is 1. The van der Waals surface area contributed by atoms with Crippen molar-refractivity contribution in [2.24, 2.45) is 11.8 Å². The number of ether oxygens (including phenoxy) is 1. The van der Waals surface area contributed by atoms with Crippen molar-refractivity contribution in [2.45, 2.75) is 25.1 Å². The molecule has 9 heteroatoms. The number of aromatic nitrogens is 3. The molecule has 0 saturated carbocycles. The largest absolute Gasteiger partial charge is 0.442 e. The summed E-state index contributed by atoms with van der Waals surface area (Å²) < 4.78 is 19.1. The molecule has 4 atom stereocenters. The molecule has 28 heavy (non-hydrogen) atoms. The lowest BCUT2D eigenvalue weighted by atomic mass is 10.0. The summed E-state index contributed by atoms with van der Waals surface area (Å²) in [6.45, 7) is 2.49. The van der Waals surface area contributed by atoms with E-state index in [1.807, 2.05) is 0 Å². The van der Waals surface area contributed by atoms with E-state index >= 15 is 0 Å². The van der Waals surface area contributed by atoms with E-state index in [0.717, 1.165) is 36.7 Å². The average molecular weight is 399 g/mol. The van der Waals surface area contributed by atoms with E-state index in [1.165, 1.54) is 11.3 Å². The number of hydrogen-bond donors (Lipinski definition) is 0. The van der Waals surface area contributed by atoms with Crippen LogP contribution in [0.2, 0.25) is 0 Å². The molecule has 146 valence electrons. The van der Waals surface area contributed by atoms with Gasteiger partial charge in [-0.2, -0.15) is 0 Å². The zero-order valence-electron chi connectivity index (χ0n) is 15.3. The average Bonchev–Trinajstić information content (AvgIpc) is 3.44. The van der Waals surface area contributed by atoms with E-state index in [9.17, 15) is 9.00 Å². The van der Waals surface area contributed by atoms with Crippen molar-refractivity contribution in [3.05, 3.63) is 36.2 Å². The number of cyclic esters (lactones) is 1. The van der Waals surface area contributed by atoms with Crippen LogP contribution in [0.4, 0.5) is 16.2 Å². The highest BCUT2D eigenvalue weighted by Gasteiger charge is 2.48. The van der Waals surface area contributed by atoms with Crippen LogP contribution >= 0.6 is 0 Å². The molecule has 6 rings (SSSR count). The van der Waals surface area contributed by atoms with Crippen molar-refractivity contribution < 1.29 is 13.7 Å². The fourth-order valence-corrected chi connectivity index (χ4v) is 7.05. The van der Waals surface area contributed by atoms with Gasteiger partial charge in [-0.3, -0.25) is 9.11 Å². The maximum Gasteiger partial charge on any atom is 0.415 e. The van der Waals surface area contributed by atoms with Crippen molar-refractivity contribution >= 4 is 28.3 Å². The number of hydrogen-bond acceptors (Lipinski definition) is 6. The Morgan fingerprint density at radius 3 is 2.79 bits per heavy atom. The zero-order valence-corrected chi connectivity index (χ0v) is 16.1. The summed E-state index contributed by atoms with van der Waals surface area (Å²) in [5.41, 5.74) is 3.37. The van der Waals surface area contributed by atoms with Crippen molar-refractivity contribution in [1.82, 2.24) is 15.0 Å². The van der Waals surface area contributed by atoms with Gasteiger partial charge < -0.3 is 9.64 Å². The minimum atomic E-state index is -0.624. The van der Waals surface area contributed by atoms with Crippen molar-refractivity contribution in [3.63, 3.8) is 0 Å². The second-order valence-electron chi connectivity index (χ2n) is 8.20. The summed E-state index contributed by atoms with van der Waals surface area (Å²) in [5, 5.41) is 7.82. The molecule has 2 unspecified atom stereocenters. The lowest BCUT2D eigenvalue weighted by molar-refractivity contribution is 0.117. The number of fused-ring (bicyclic) bond motifs is 4. The fourth-order valence-electron chi connectivity index (χ4n) is 5.20. The monoisotopic (exact) mass is 399 g/mol. The van der Waals surface area contributed by atoms with E-state index in [1.54, 1.807) is 22.0 Å². The van der Waals surface area contributed by atoms with Crippen LogP contribution < -0.4 is 9.80 Å². The first kappa shape index (κ1) is 16.5. The van der Waals surface area contributed by atoms with Gasteiger partial charge in [0.2, 0.25) is 0 Å². The van der Waals surface area contributed by atoms with Gasteiger partial charge >= 0.3 is 6.09 Å². The van der Waals surface area contributed by atoms with Gasteiger partial charge in [0.15, 0.2) is 0 Å². The predicted octanol–water partition coefficient (Wildman–Crippen LogP) is 1.04. The number of nitrogens with zero attached hydrogens (tertiary/aromatic N) is 5. The highest BCUT2D eigenvalue weighted by molar-refractivity contribution is 7.85. The molecular formula is C19H21N5O3S. The topological polar surface area (TPSA) is 80.6 Å². The maximum absolute atomic E-state index is 12.5. The van der Waals surface area contributed by atoms with Crippen LogP contribution in [0, 0.1) is 11.8 Å². The molecule has 0 radical (unpaired) electrons. The van der Waals surface area contributed by atoms with E-state index in [2.05, 4.69) is 33.4 Å². The Morgan fingerprint density at radius 2 is 2.04 bits per heavy atom. The van der Waals surface area contributed by atoms with Crippen LogP contribution in [0.15, 0.2) is 30.6 Å².